The summed E-state index contributed by atoms with van der Waals surface area (Å²) in [6.45, 7) is 0. The number of hydrogen-bond donors (Lipinski definition) is 0. The number of aromatic nitrogens is 1. The summed E-state index contributed by atoms with van der Waals surface area (Å²) in [5.74, 6) is 0. The highest BCUT2D eigenvalue weighted by atomic mass is 16.1. The summed E-state index contributed by atoms with van der Waals surface area (Å²) in [4.78, 5) is 12.2. The number of rotatable bonds is 3. The molecule has 0 saturated heterocycles. The molecule has 2 aromatic carbocycles. The molecule has 0 amide bonds. The zero-order chi connectivity index (χ0) is 14.5. The van der Waals surface area contributed by atoms with Crippen LogP contribution >= 0.6 is 0 Å². The highest BCUT2D eigenvalue weighted by molar-refractivity contribution is 5.68. The van der Waals surface area contributed by atoms with Crippen LogP contribution in [0.25, 0.3) is 17.8 Å². The van der Waals surface area contributed by atoms with Gasteiger partial charge >= 0.3 is 0 Å². The fraction of sp³-hybridized carbons (Fsp3) is 0. The van der Waals surface area contributed by atoms with Gasteiger partial charge in [-0.2, -0.15) is 0 Å². The molecule has 2 nitrogen and oxygen atoms in total. The van der Waals surface area contributed by atoms with Gasteiger partial charge in [0.05, 0.1) is 0 Å². The molecule has 0 aliphatic carbocycles. The minimum absolute atomic E-state index is 0.0311. The second kappa shape index (κ2) is 6.06. The third-order valence-electron chi connectivity index (χ3n) is 3.24. The van der Waals surface area contributed by atoms with E-state index in [0.29, 0.717) is 0 Å². The van der Waals surface area contributed by atoms with Crippen molar-refractivity contribution in [1.29, 1.82) is 0 Å². The van der Waals surface area contributed by atoms with E-state index in [-0.39, 0.29) is 5.56 Å². The Morgan fingerprint density at radius 2 is 1.33 bits per heavy atom. The van der Waals surface area contributed by atoms with E-state index in [2.05, 4.69) is 0 Å². The largest absolute Gasteiger partial charge is 0.278 e. The maximum atomic E-state index is 12.2. The molecular weight excluding hydrogens is 258 g/mol. The van der Waals surface area contributed by atoms with Crippen LogP contribution in [0.1, 0.15) is 11.3 Å². The van der Waals surface area contributed by atoms with Crippen LogP contribution in [-0.4, -0.2) is 4.57 Å². The Morgan fingerprint density at radius 1 is 0.667 bits per heavy atom. The molecule has 0 unspecified atom stereocenters. The predicted octanol–water partition coefficient (Wildman–Crippen LogP) is 4.01. The second-order valence-electron chi connectivity index (χ2n) is 4.70. The lowest BCUT2D eigenvalue weighted by Crippen LogP contribution is -2.18. The smallest absolute Gasteiger partial charge is 0.255 e. The summed E-state index contributed by atoms with van der Waals surface area (Å²) in [6, 6.07) is 25.0. The number of benzene rings is 2. The molecule has 0 radical (unpaired) electrons. The molecule has 3 aromatic rings. The van der Waals surface area contributed by atoms with Gasteiger partial charge in [0, 0.05) is 17.4 Å². The van der Waals surface area contributed by atoms with E-state index < -0.39 is 0 Å². The molecule has 0 fully saturated rings. The van der Waals surface area contributed by atoms with E-state index >= 15 is 0 Å². The Kier molecular flexibility index (Phi) is 3.79. The first-order valence-corrected chi connectivity index (χ1v) is 6.85. The van der Waals surface area contributed by atoms with Crippen molar-refractivity contribution in [3.05, 3.63) is 100 Å². The normalized spacial score (nSPS) is 10.9. The van der Waals surface area contributed by atoms with Crippen LogP contribution in [0.15, 0.2) is 83.7 Å². The Morgan fingerprint density at radius 3 is 2.05 bits per heavy atom. The lowest BCUT2D eigenvalue weighted by atomic mass is 10.2. The van der Waals surface area contributed by atoms with Crippen LogP contribution in [0.2, 0.25) is 0 Å². The van der Waals surface area contributed by atoms with Crippen LogP contribution in [0.5, 0.6) is 0 Å². The quantitative estimate of drug-likeness (QED) is 0.706. The predicted molar refractivity (Wildman–Crippen MR) is 87.4 cm³/mol. The van der Waals surface area contributed by atoms with E-state index in [1.54, 1.807) is 16.7 Å². The summed E-state index contributed by atoms with van der Waals surface area (Å²) in [6.07, 6.45) is 3.97. The SMILES string of the molecule is O=c1cccc(/C=C/c2ccccc2)n1-c1ccccc1. The molecule has 1 aromatic heterocycles. The van der Waals surface area contributed by atoms with Crippen molar-refractivity contribution in [2.45, 2.75) is 0 Å². The van der Waals surface area contributed by atoms with Crippen LogP contribution in [-0.2, 0) is 0 Å². The average Bonchev–Trinajstić information content (AvgIpc) is 2.55. The lowest BCUT2D eigenvalue weighted by molar-refractivity contribution is 0.975. The molecule has 0 spiro atoms. The molecule has 3 rings (SSSR count). The van der Waals surface area contributed by atoms with Crippen molar-refractivity contribution in [1.82, 2.24) is 4.57 Å². The fourth-order valence-corrected chi connectivity index (χ4v) is 2.23. The van der Waals surface area contributed by atoms with E-state index in [4.69, 9.17) is 0 Å². The van der Waals surface area contributed by atoms with Crippen LogP contribution in [0.3, 0.4) is 0 Å². The van der Waals surface area contributed by atoms with Gasteiger partial charge in [-0.1, -0.05) is 60.7 Å². The van der Waals surface area contributed by atoms with Crippen molar-refractivity contribution < 1.29 is 0 Å². The third-order valence-corrected chi connectivity index (χ3v) is 3.24. The van der Waals surface area contributed by atoms with Gasteiger partial charge < -0.3 is 0 Å². The summed E-state index contributed by atoms with van der Waals surface area (Å²) < 4.78 is 1.71. The number of nitrogens with zero attached hydrogens (tertiary/aromatic N) is 1. The minimum atomic E-state index is -0.0311. The maximum Gasteiger partial charge on any atom is 0.255 e. The highest BCUT2D eigenvalue weighted by Crippen LogP contribution is 2.11. The molecule has 0 saturated carbocycles. The average molecular weight is 273 g/mol. The molecule has 0 atom stereocenters. The van der Waals surface area contributed by atoms with Crippen LogP contribution in [0, 0.1) is 0 Å². The van der Waals surface area contributed by atoms with Gasteiger partial charge in [0.2, 0.25) is 0 Å². The molecular formula is C19H15NO. The molecule has 1 heterocycles. The zero-order valence-electron chi connectivity index (χ0n) is 11.5. The third kappa shape index (κ3) is 3.00. The molecule has 102 valence electrons. The number of hydrogen-bond acceptors (Lipinski definition) is 1. The van der Waals surface area contributed by atoms with Crippen LogP contribution < -0.4 is 5.56 Å². The van der Waals surface area contributed by atoms with Crippen molar-refractivity contribution >= 4 is 12.2 Å². The fourth-order valence-electron chi connectivity index (χ4n) is 2.23. The Labute approximate surface area is 123 Å². The first kappa shape index (κ1) is 13.1. The first-order chi connectivity index (χ1) is 10.3. The molecule has 0 aliphatic heterocycles. The van der Waals surface area contributed by atoms with Gasteiger partial charge in [-0.05, 0) is 29.8 Å². The molecule has 21 heavy (non-hydrogen) atoms. The van der Waals surface area contributed by atoms with E-state index in [0.717, 1.165) is 16.9 Å². The van der Waals surface area contributed by atoms with E-state index in [1.807, 2.05) is 78.9 Å². The lowest BCUT2D eigenvalue weighted by Gasteiger charge is -2.09. The number of para-hydroxylation sites is 1. The van der Waals surface area contributed by atoms with E-state index in [9.17, 15) is 4.79 Å². The topological polar surface area (TPSA) is 22.0 Å². The van der Waals surface area contributed by atoms with Crippen molar-refractivity contribution in [3.8, 4) is 5.69 Å². The molecule has 0 N–H and O–H groups in total. The molecule has 0 bridgehead atoms. The summed E-state index contributed by atoms with van der Waals surface area (Å²) in [5, 5.41) is 0. The van der Waals surface area contributed by atoms with E-state index in [1.165, 1.54) is 0 Å². The minimum Gasteiger partial charge on any atom is -0.278 e. The molecule has 2 heteroatoms. The Hall–Kier alpha value is -2.87. The van der Waals surface area contributed by atoms with Crippen LogP contribution in [0.4, 0.5) is 0 Å². The summed E-state index contributed by atoms with van der Waals surface area (Å²) >= 11 is 0. The van der Waals surface area contributed by atoms with Crippen molar-refractivity contribution in [2.75, 3.05) is 0 Å². The zero-order valence-corrected chi connectivity index (χ0v) is 11.5. The monoisotopic (exact) mass is 273 g/mol. The highest BCUT2D eigenvalue weighted by Gasteiger charge is 2.02. The second-order valence-corrected chi connectivity index (χ2v) is 4.70. The maximum absolute atomic E-state index is 12.2. The van der Waals surface area contributed by atoms with Gasteiger partial charge in [0.25, 0.3) is 5.56 Å². The molecule has 0 aliphatic rings. The first-order valence-electron chi connectivity index (χ1n) is 6.85. The summed E-state index contributed by atoms with van der Waals surface area (Å²) in [7, 11) is 0. The van der Waals surface area contributed by atoms with Crippen molar-refractivity contribution in [3.63, 3.8) is 0 Å². The Balaban J connectivity index is 2.06. The van der Waals surface area contributed by atoms with Gasteiger partial charge in [-0.3, -0.25) is 9.36 Å². The van der Waals surface area contributed by atoms with Crippen molar-refractivity contribution in [2.24, 2.45) is 0 Å². The van der Waals surface area contributed by atoms with Gasteiger partial charge in [0.15, 0.2) is 0 Å². The van der Waals surface area contributed by atoms with Gasteiger partial charge in [-0.25, -0.2) is 0 Å². The summed E-state index contributed by atoms with van der Waals surface area (Å²) in [5.41, 5.74) is 2.80. The Bertz CT molecular complexity index is 802. The standard InChI is InChI=1S/C19H15NO/c21-19-13-7-12-18(15-14-16-8-3-1-4-9-16)20(19)17-10-5-2-6-11-17/h1-15H/b15-14+. The van der Waals surface area contributed by atoms with Gasteiger partial charge in [0.1, 0.15) is 0 Å². The number of pyridine rings is 1. The van der Waals surface area contributed by atoms with Gasteiger partial charge in [-0.15, -0.1) is 0 Å².